The minimum atomic E-state index is -0.781. The van der Waals surface area contributed by atoms with Crippen molar-refractivity contribution >= 4 is 22.8 Å². The maximum absolute atomic E-state index is 13.4. The van der Waals surface area contributed by atoms with Gasteiger partial charge in [0.1, 0.15) is 5.75 Å². The first kappa shape index (κ1) is 30.9. The molecular weight excluding hydrogens is 484 g/mol. The topological polar surface area (TPSA) is 87.7 Å². The van der Waals surface area contributed by atoms with Crippen molar-refractivity contribution in [2.75, 3.05) is 19.4 Å². The summed E-state index contributed by atoms with van der Waals surface area (Å²) >= 11 is 1.20. The number of aliphatic hydroxyl groups is 1. The molecular formula is C30H44N2O4S. The van der Waals surface area contributed by atoms with E-state index in [4.69, 9.17) is 4.74 Å². The first-order valence-electron chi connectivity index (χ1n) is 13.3. The Balaban J connectivity index is 2.04. The second-order valence-corrected chi connectivity index (χ2v) is 11.2. The van der Waals surface area contributed by atoms with Crippen LogP contribution in [0.1, 0.15) is 57.6 Å². The molecule has 0 aromatic heterocycles. The van der Waals surface area contributed by atoms with E-state index < -0.39 is 12.1 Å². The largest absolute Gasteiger partial charge is 0.497 e. The van der Waals surface area contributed by atoms with E-state index in [1.807, 2.05) is 54.6 Å². The molecule has 0 fully saturated rings. The fourth-order valence-electron chi connectivity index (χ4n) is 4.19. The highest BCUT2D eigenvalue weighted by atomic mass is 32.2. The molecule has 3 atom stereocenters. The van der Waals surface area contributed by atoms with Crippen LogP contribution in [-0.4, -0.2) is 47.7 Å². The summed E-state index contributed by atoms with van der Waals surface area (Å²) in [4.78, 5) is 25.0. The predicted molar refractivity (Wildman–Crippen MR) is 153 cm³/mol. The lowest BCUT2D eigenvalue weighted by atomic mass is 9.97. The molecule has 0 saturated heterocycles. The Kier molecular flexibility index (Phi) is 14.4. The van der Waals surface area contributed by atoms with E-state index in [2.05, 4.69) is 24.5 Å². The van der Waals surface area contributed by atoms with Gasteiger partial charge in [-0.05, 0) is 42.0 Å². The zero-order valence-electron chi connectivity index (χ0n) is 22.7. The summed E-state index contributed by atoms with van der Waals surface area (Å²) in [7, 11) is 1.64. The molecule has 6 nitrogen and oxygen atoms in total. The Morgan fingerprint density at radius 1 is 1.00 bits per heavy atom. The number of benzene rings is 2. The number of nitrogens with one attached hydrogen (secondary N) is 2. The molecule has 2 aromatic rings. The average molecular weight is 529 g/mol. The van der Waals surface area contributed by atoms with Crippen LogP contribution in [0.4, 0.5) is 0 Å². The lowest BCUT2D eigenvalue weighted by Crippen LogP contribution is -2.50. The molecule has 2 aromatic carbocycles. The number of ether oxygens (including phenoxy) is 1. The van der Waals surface area contributed by atoms with Crippen LogP contribution in [0.15, 0.2) is 54.6 Å². The van der Waals surface area contributed by atoms with Gasteiger partial charge < -0.3 is 20.5 Å². The van der Waals surface area contributed by atoms with Gasteiger partial charge >= 0.3 is 0 Å². The zero-order valence-corrected chi connectivity index (χ0v) is 23.6. The second-order valence-electron chi connectivity index (χ2n) is 10.0. The number of amides is 1. The molecule has 2 rings (SSSR count). The van der Waals surface area contributed by atoms with Gasteiger partial charge in [0.15, 0.2) is 5.12 Å². The van der Waals surface area contributed by atoms with Gasteiger partial charge in [0.2, 0.25) is 5.91 Å². The van der Waals surface area contributed by atoms with E-state index in [1.165, 1.54) is 18.7 Å². The van der Waals surface area contributed by atoms with Crippen LogP contribution >= 0.6 is 11.8 Å². The average Bonchev–Trinajstić information content (AvgIpc) is 2.88. The van der Waals surface area contributed by atoms with Gasteiger partial charge in [0.05, 0.1) is 19.3 Å². The summed E-state index contributed by atoms with van der Waals surface area (Å²) < 4.78 is 5.29. The van der Waals surface area contributed by atoms with Crippen molar-refractivity contribution in [3.63, 3.8) is 0 Å². The molecule has 7 heteroatoms. The molecule has 0 aliphatic rings. The van der Waals surface area contributed by atoms with Crippen LogP contribution in [0.5, 0.6) is 5.75 Å². The third-order valence-corrected chi connectivity index (χ3v) is 7.33. The lowest BCUT2D eigenvalue weighted by molar-refractivity contribution is -0.126. The fraction of sp³-hybridized carbons (Fsp3) is 0.533. The van der Waals surface area contributed by atoms with E-state index >= 15 is 0 Å². The van der Waals surface area contributed by atoms with Gasteiger partial charge in [-0.3, -0.25) is 9.59 Å². The SMILES string of the molecule is COc1cccc(CNC[C@@H](O)[C@H](Cc2ccccc2)NC(=O)C(CCCCC(C)C)CSC(C)=O)c1. The van der Waals surface area contributed by atoms with Crippen molar-refractivity contribution in [1.29, 1.82) is 0 Å². The number of unbranched alkanes of at least 4 members (excludes halogenated alkanes) is 1. The Morgan fingerprint density at radius 2 is 1.70 bits per heavy atom. The van der Waals surface area contributed by atoms with Crippen LogP contribution < -0.4 is 15.4 Å². The zero-order chi connectivity index (χ0) is 27.0. The normalized spacial score (nSPS) is 13.7. The Morgan fingerprint density at radius 3 is 2.38 bits per heavy atom. The van der Waals surface area contributed by atoms with Crippen LogP contribution in [0, 0.1) is 11.8 Å². The monoisotopic (exact) mass is 528 g/mol. The standard InChI is InChI=1S/C30H44N2O4S/c1-22(2)11-8-9-15-26(21-37-23(3)33)30(35)32-28(18-24-12-6-5-7-13-24)29(34)20-31-19-25-14-10-16-27(17-25)36-4/h5-7,10,12-14,16-17,22,26,28-29,31,34H,8-9,11,15,18-21H2,1-4H3,(H,32,35)/t26?,28-,29+/m0/s1. The highest BCUT2D eigenvalue weighted by molar-refractivity contribution is 8.13. The minimum absolute atomic E-state index is 0.0163. The molecule has 0 saturated carbocycles. The van der Waals surface area contributed by atoms with Crippen molar-refractivity contribution < 1.29 is 19.4 Å². The Bertz CT molecular complexity index is 938. The van der Waals surface area contributed by atoms with Crippen LogP contribution in [0.3, 0.4) is 0 Å². The van der Waals surface area contributed by atoms with E-state index in [0.29, 0.717) is 31.2 Å². The van der Waals surface area contributed by atoms with Gasteiger partial charge in [-0.1, -0.05) is 87.3 Å². The molecule has 0 aliphatic heterocycles. The highest BCUT2D eigenvalue weighted by Crippen LogP contribution is 2.19. The lowest BCUT2D eigenvalue weighted by Gasteiger charge is -2.27. The number of hydrogen-bond donors (Lipinski definition) is 3. The molecule has 37 heavy (non-hydrogen) atoms. The fourth-order valence-corrected chi connectivity index (χ4v) is 4.95. The highest BCUT2D eigenvalue weighted by Gasteiger charge is 2.26. The quantitative estimate of drug-likeness (QED) is 0.251. The van der Waals surface area contributed by atoms with Gasteiger partial charge in [0, 0.05) is 31.7 Å². The molecule has 0 bridgehead atoms. The molecule has 3 N–H and O–H groups in total. The molecule has 1 unspecified atom stereocenters. The van der Waals surface area contributed by atoms with Crippen molar-refractivity contribution in [2.45, 2.75) is 71.6 Å². The molecule has 0 heterocycles. The van der Waals surface area contributed by atoms with Crippen LogP contribution in [-0.2, 0) is 22.6 Å². The van der Waals surface area contributed by atoms with Crippen LogP contribution in [0.25, 0.3) is 0 Å². The maximum atomic E-state index is 13.4. The summed E-state index contributed by atoms with van der Waals surface area (Å²) in [5.41, 5.74) is 2.10. The van der Waals surface area contributed by atoms with Gasteiger partial charge in [0.25, 0.3) is 0 Å². The minimum Gasteiger partial charge on any atom is -0.497 e. The first-order valence-corrected chi connectivity index (χ1v) is 14.3. The Hall–Kier alpha value is -2.35. The van der Waals surface area contributed by atoms with Crippen LogP contribution in [0.2, 0.25) is 0 Å². The van der Waals surface area contributed by atoms with Gasteiger partial charge in [-0.15, -0.1) is 0 Å². The third kappa shape index (κ3) is 12.6. The molecule has 204 valence electrons. The summed E-state index contributed by atoms with van der Waals surface area (Å²) in [6.07, 6.45) is 3.62. The maximum Gasteiger partial charge on any atom is 0.224 e. The molecule has 0 spiro atoms. The summed E-state index contributed by atoms with van der Waals surface area (Å²) in [5.74, 6) is 1.53. The summed E-state index contributed by atoms with van der Waals surface area (Å²) in [6.45, 7) is 6.85. The van der Waals surface area contributed by atoms with Crippen molar-refractivity contribution in [1.82, 2.24) is 10.6 Å². The number of carbonyl (C=O) groups is 2. The van der Waals surface area contributed by atoms with Crippen molar-refractivity contribution in [3.05, 3.63) is 65.7 Å². The number of hydrogen-bond acceptors (Lipinski definition) is 6. The third-order valence-electron chi connectivity index (χ3n) is 6.35. The first-order chi connectivity index (χ1) is 17.8. The van der Waals surface area contributed by atoms with E-state index in [1.54, 1.807) is 7.11 Å². The number of thioether (sulfide) groups is 1. The van der Waals surface area contributed by atoms with E-state index in [-0.39, 0.29) is 16.9 Å². The van der Waals surface area contributed by atoms with E-state index in [0.717, 1.165) is 42.6 Å². The summed E-state index contributed by atoms with van der Waals surface area (Å²) in [5, 5.41) is 17.6. The molecule has 0 radical (unpaired) electrons. The van der Waals surface area contributed by atoms with E-state index in [9.17, 15) is 14.7 Å². The van der Waals surface area contributed by atoms with Crippen molar-refractivity contribution in [3.8, 4) is 5.75 Å². The predicted octanol–water partition coefficient (Wildman–Crippen LogP) is 4.99. The number of aliphatic hydroxyl groups excluding tert-OH is 1. The smallest absolute Gasteiger partial charge is 0.224 e. The summed E-state index contributed by atoms with van der Waals surface area (Å²) in [6, 6.07) is 17.2. The van der Waals surface area contributed by atoms with Gasteiger partial charge in [-0.2, -0.15) is 0 Å². The number of carbonyl (C=O) groups excluding carboxylic acids is 2. The molecule has 1 amide bonds. The second kappa shape index (κ2) is 17.2. The molecule has 0 aliphatic carbocycles. The Labute approximate surface area is 227 Å². The number of methoxy groups -OCH3 is 1. The van der Waals surface area contributed by atoms with Gasteiger partial charge in [-0.25, -0.2) is 0 Å². The number of rotatable bonds is 17. The van der Waals surface area contributed by atoms with Crippen molar-refractivity contribution in [2.24, 2.45) is 11.8 Å².